The first-order valence-electron chi connectivity index (χ1n) is 12.2. The molecule has 0 amide bonds. The molecule has 0 unspecified atom stereocenters. The van der Waals surface area contributed by atoms with E-state index >= 15 is 4.39 Å². The van der Waals surface area contributed by atoms with Crippen molar-refractivity contribution in [3.8, 4) is 0 Å². The van der Waals surface area contributed by atoms with Crippen molar-refractivity contribution in [3.05, 3.63) is 81.9 Å². The minimum atomic E-state index is -0.431. The van der Waals surface area contributed by atoms with Gasteiger partial charge in [0.05, 0.1) is 5.02 Å². The Bertz CT molecular complexity index is 1070. The zero-order valence-corrected chi connectivity index (χ0v) is 20.1. The van der Waals surface area contributed by atoms with Crippen molar-refractivity contribution in [1.82, 2.24) is 0 Å². The standard InChI is InChI=1S/C29H33ClF2O/c1-33-17-16-21-4-2-20(3-5-21)6-7-22-9-14-26-25(18-22)13-12-24(29(26)32)11-8-23-10-15-27(30)28(31)19-23/h9-10,12-15,18-21H,2-8,11,16-17H2,1H3. The topological polar surface area (TPSA) is 9.23 Å². The summed E-state index contributed by atoms with van der Waals surface area (Å²) in [5.41, 5.74) is 2.77. The zero-order chi connectivity index (χ0) is 23.2. The molecule has 0 aromatic heterocycles. The molecule has 4 heteroatoms. The van der Waals surface area contributed by atoms with Crippen LogP contribution >= 0.6 is 11.6 Å². The van der Waals surface area contributed by atoms with E-state index in [2.05, 4.69) is 12.1 Å². The Labute approximate surface area is 201 Å². The van der Waals surface area contributed by atoms with Crippen LogP contribution in [-0.4, -0.2) is 13.7 Å². The van der Waals surface area contributed by atoms with Crippen LogP contribution in [0.2, 0.25) is 5.02 Å². The summed E-state index contributed by atoms with van der Waals surface area (Å²) in [4.78, 5) is 0. The lowest BCUT2D eigenvalue weighted by molar-refractivity contribution is 0.155. The molecule has 0 N–H and O–H groups in total. The number of ether oxygens (including phenoxy) is 1. The van der Waals surface area contributed by atoms with Gasteiger partial charge in [-0.05, 0) is 78.1 Å². The van der Waals surface area contributed by atoms with E-state index in [4.69, 9.17) is 16.3 Å². The molecule has 3 aromatic carbocycles. The van der Waals surface area contributed by atoms with Crippen LogP contribution in [0, 0.1) is 23.5 Å². The number of rotatable bonds is 9. The maximum absolute atomic E-state index is 15.1. The van der Waals surface area contributed by atoms with Gasteiger partial charge < -0.3 is 4.74 Å². The second-order valence-electron chi connectivity index (χ2n) is 9.55. The van der Waals surface area contributed by atoms with Gasteiger partial charge in [-0.3, -0.25) is 0 Å². The summed E-state index contributed by atoms with van der Waals surface area (Å²) < 4.78 is 34.0. The van der Waals surface area contributed by atoms with E-state index in [0.29, 0.717) is 23.8 Å². The average molecular weight is 471 g/mol. The third-order valence-corrected chi connectivity index (χ3v) is 7.61. The molecule has 1 saturated carbocycles. The van der Waals surface area contributed by atoms with Crippen LogP contribution in [0.15, 0.2) is 48.5 Å². The molecule has 1 fully saturated rings. The summed E-state index contributed by atoms with van der Waals surface area (Å²) in [5, 5.41) is 1.73. The number of halogens is 3. The molecule has 176 valence electrons. The van der Waals surface area contributed by atoms with Crippen molar-refractivity contribution >= 4 is 22.4 Å². The smallest absolute Gasteiger partial charge is 0.142 e. The summed E-state index contributed by atoms with van der Waals surface area (Å²) in [6, 6.07) is 14.8. The number of hydrogen-bond donors (Lipinski definition) is 0. The highest BCUT2D eigenvalue weighted by Gasteiger charge is 2.20. The number of benzene rings is 3. The van der Waals surface area contributed by atoms with Crippen molar-refractivity contribution < 1.29 is 13.5 Å². The van der Waals surface area contributed by atoms with Crippen LogP contribution in [0.1, 0.15) is 55.2 Å². The van der Waals surface area contributed by atoms with Crippen LogP contribution in [0.4, 0.5) is 8.78 Å². The number of aryl methyl sites for hydroxylation is 3. The van der Waals surface area contributed by atoms with Crippen LogP contribution in [-0.2, 0) is 24.0 Å². The minimum absolute atomic E-state index is 0.112. The second kappa shape index (κ2) is 11.4. The van der Waals surface area contributed by atoms with E-state index in [-0.39, 0.29) is 10.8 Å². The van der Waals surface area contributed by atoms with Gasteiger partial charge >= 0.3 is 0 Å². The number of methoxy groups -OCH3 is 1. The molecule has 0 spiro atoms. The van der Waals surface area contributed by atoms with Gasteiger partial charge in [0.2, 0.25) is 0 Å². The van der Waals surface area contributed by atoms with Crippen molar-refractivity contribution in [2.45, 2.75) is 57.8 Å². The van der Waals surface area contributed by atoms with Gasteiger partial charge in [0, 0.05) is 19.1 Å². The van der Waals surface area contributed by atoms with Crippen molar-refractivity contribution in [1.29, 1.82) is 0 Å². The Kier molecular flexibility index (Phi) is 8.38. The van der Waals surface area contributed by atoms with Crippen LogP contribution in [0.5, 0.6) is 0 Å². The third kappa shape index (κ3) is 6.33. The Hall–Kier alpha value is -1.97. The molecule has 1 aliphatic rings. The molecular weight excluding hydrogens is 438 g/mol. The quantitative estimate of drug-likeness (QED) is 0.305. The Morgan fingerprint density at radius 1 is 0.818 bits per heavy atom. The van der Waals surface area contributed by atoms with E-state index in [1.54, 1.807) is 19.2 Å². The Balaban J connectivity index is 1.34. The molecule has 0 saturated heterocycles. The fourth-order valence-corrected chi connectivity index (χ4v) is 5.29. The molecule has 3 aromatic rings. The van der Waals surface area contributed by atoms with Crippen LogP contribution in [0.25, 0.3) is 10.8 Å². The normalized spacial score (nSPS) is 18.7. The minimum Gasteiger partial charge on any atom is -0.385 e. The highest BCUT2D eigenvalue weighted by Crippen LogP contribution is 2.33. The average Bonchev–Trinajstić information content (AvgIpc) is 2.83. The van der Waals surface area contributed by atoms with Gasteiger partial charge in [0.15, 0.2) is 0 Å². The first kappa shape index (κ1) is 24.2. The SMILES string of the molecule is COCCC1CCC(CCc2ccc3c(F)c(CCc4ccc(Cl)c(F)c4)ccc3c2)CC1. The van der Waals surface area contributed by atoms with Crippen LogP contribution < -0.4 is 0 Å². The van der Waals surface area contributed by atoms with Gasteiger partial charge in [-0.15, -0.1) is 0 Å². The lowest BCUT2D eigenvalue weighted by Gasteiger charge is -2.28. The summed E-state index contributed by atoms with van der Waals surface area (Å²) in [6.45, 7) is 0.879. The fraction of sp³-hybridized carbons (Fsp3) is 0.448. The summed E-state index contributed by atoms with van der Waals surface area (Å²) >= 11 is 5.75. The lowest BCUT2D eigenvalue weighted by Crippen LogP contribution is -2.16. The van der Waals surface area contributed by atoms with Gasteiger partial charge in [-0.2, -0.15) is 0 Å². The highest BCUT2D eigenvalue weighted by molar-refractivity contribution is 6.30. The van der Waals surface area contributed by atoms with E-state index < -0.39 is 5.82 Å². The van der Waals surface area contributed by atoms with Crippen LogP contribution in [0.3, 0.4) is 0 Å². The molecule has 0 radical (unpaired) electrons. The van der Waals surface area contributed by atoms with Gasteiger partial charge in [0.25, 0.3) is 0 Å². The maximum Gasteiger partial charge on any atom is 0.142 e. The third-order valence-electron chi connectivity index (χ3n) is 7.30. The first-order valence-corrected chi connectivity index (χ1v) is 12.5. The maximum atomic E-state index is 15.1. The van der Waals surface area contributed by atoms with Crippen molar-refractivity contribution in [2.24, 2.45) is 11.8 Å². The van der Waals surface area contributed by atoms with Gasteiger partial charge in [-0.1, -0.05) is 73.7 Å². The van der Waals surface area contributed by atoms with Crippen molar-refractivity contribution in [2.75, 3.05) is 13.7 Å². The monoisotopic (exact) mass is 470 g/mol. The number of fused-ring (bicyclic) bond motifs is 1. The molecule has 1 nitrogen and oxygen atoms in total. The number of hydrogen-bond acceptors (Lipinski definition) is 1. The van der Waals surface area contributed by atoms with E-state index in [1.165, 1.54) is 50.2 Å². The predicted molar refractivity (Wildman–Crippen MR) is 133 cm³/mol. The van der Waals surface area contributed by atoms with Crippen molar-refractivity contribution in [3.63, 3.8) is 0 Å². The Morgan fingerprint density at radius 2 is 1.52 bits per heavy atom. The lowest BCUT2D eigenvalue weighted by atomic mass is 9.78. The molecule has 1 aliphatic carbocycles. The summed E-state index contributed by atoms with van der Waals surface area (Å²) in [5.74, 6) is 1.04. The van der Waals surface area contributed by atoms with Gasteiger partial charge in [-0.25, -0.2) is 8.78 Å². The van der Waals surface area contributed by atoms with E-state index in [0.717, 1.165) is 35.8 Å². The second-order valence-corrected chi connectivity index (χ2v) is 9.96. The molecule has 0 atom stereocenters. The van der Waals surface area contributed by atoms with E-state index in [1.807, 2.05) is 18.2 Å². The summed E-state index contributed by atoms with van der Waals surface area (Å²) in [7, 11) is 1.78. The molecule has 0 bridgehead atoms. The first-order chi connectivity index (χ1) is 16.0. The predicted octanol–water partition coefficient (Wildman–Crippen LogP) is 8.33. The van der Waals surface area contributed by atoms with Gasteiger partial charge in [0.1, 0.15) is 11.6 Å². The van der Waals surface area contributed by atoms with E-state index in [9.17, 15) is 4.39 Å². The molecule has 33 heavy (non-hydrogen) atoms. The Morgan fingerprint density at radius 3 is 2.24 bits per heavy atom. The molecule has 0 aliphatic heterocycles. The highest BCUT2D eigenvalue weighted by atomic mass is 35.5. The fourth-order valence-electron chi connectivity index (χ4n) is 5.17. The zero-order valence-electron chi connectivity index (χ0n) is 19.4. The summed E-state index contributed by atoms with van der Waals surface area (Å²) in [6.07, 6.45) is 9.83. The molecular formula is C29H33ClF2O. The molecule has 0 heterocycles. The largest absolute Gasteiger partial charge is 0.385 e. The molecule has 4 rings (SSSR count).